The Bertz CT molecular complexity index is 469. The molecule has 0 aliphatic carbocycles. The SMILES string of the molecule is CC1CCCN(C(N)=NCC2CCN(S(C)(=O)=O)C2)C1.I. The van der Waals surface area contributed by atoms with Gasteiger partial charge in [0.1, 0.15) is 0 Å². The van der Waals surface area contributed by atoms with Crippen LogP contribution in [0.15, 0.2) is 4.99 Å². The molecule has 0 bridgehead atoms. The summed E-state index contributed by atoms with van der Waals surface area (Å²) in [4.78, 5) is 6.63. The Morgan fingerprint density at radius 2 is 2.00 bits per heavy atom. The number of hydrogen-bond acceptors (Lipinski definition) is 3. The fourth-order valence-electron chi connectivity index (χ4n) is 2.97. The molecule has 0 amide bonds. The monoisotopic (exact) mass is 430 g/mol. The Morgan fingerprint density at radius 3 is 2.57 bits per heavy atom. The first-order valence-corrected chi connectivity index (χ1v) is 9.21. The summed E-state index contributed by atoms with van der Waals surface area (Å²) in [5.74, 6) is 1.59. The minimum atomic E-state index is -3.06. The third-order valence-electron chi connectivity index (χ3n) is 4.21. The van der Waals surface area contributed by atoms with E-state index < -0.39 is 10.0 Å². The summed E-state index contributed by atoms with van der Waals surface area (Å²) in [6, 6.07) is 0. The number of guanidine groups is 1. The van der Waals surface area contributed by atoms with Gasteiger partial charge in [-0.3, -0.25) is 4.99 Å². The van der Waals surface area contributed by atoms with Crippen molar-refractivity contribution in [1.82, 2.24) is 9.21 Å². The first-order valence-electron chi connectivity index (χ1n) is 7.36. The van der Waals surface area contributed by atoms with E-state index in [4.69, 9.17) is 5.73 Å². The van der Waals surface area contributed by atoms with Gasteiger partial charge in [-0.05, 0) is 31.1 Å². The van der Waals surface area contributed by atoms with Crippen LogP contribution in [0.3, 0.4) is 0 Å². The van der Waals surface area contributed by atoms with E-state index in [-0.39, 0.29) is 24.0 Å². The molecule has 0 aromatic heterocycles. The second kappa shape index (κ2) is 7.96. The van der Waals surface area contributed by atoms with Gasteiger partial charge in [0.05, 0.1) is 6.26 Å². The molecule has 124 valence electrons. The second-order valence-corrected chi connectivity index (χ2v) is 8.15. The Kier molecular flexibility index (Phi) is 7.18. The van der Waals surface area contributed by atoms with E-state index >= 15 is 0 Å². The second-order valence-electron chi connectivity index (χ2n) is 6.17. The molecule has 0 spiro atoms. The van der Waals surface area contributed by atoms with E-state index in [1.54, 1.807) is 0 Å². The molecule has 2 rings (SSSR count). The van der Waals surface area contributed by atoms with Crippen molar-refractivity contribution in [2.75, 3.05) is 39.0 Å². The number of nitrogens with zero attached hydrogens (tertiary/aromatic N) is 3. The zero-order chi connectivity index (χ0) is 14.8. The van der Waals surface area contributed by atoms with E-state index in [1.807, 2.05) is 0 Å². The molecule has 2 aliphatic heterocycles. The standard InChI is InChI=1S/C13H26N4O2S.HI/c1-11-4-3-6-16(9-11)13(14)15-8-12-5-7-17(10-12)20(2,18)19;/h11-12H,3-10H2,1-2H3,(H2,14,15);1H. The van der Waals surface area contributed by atoms with Gasteiger partial charge in [-0.25, -0.2) is 12.7 Å². The van der Waals surface area contributed by atoms with Gasteiger partial charge >= 0.3 is 0 Å². The number of sulfonamides is 1. The Hall–Kier alpha value is -0.0900. The van der Waals surface area contributed by atoms with Gasteiger partial charge in [0.2, 0.25) is 10.0 Å². The number of piperidine rings is 1. The molecule has 2 aliphatic rings. The Labute approximate surface area is 145 Å². The van der Waals surface area contributed by atoms with Crippen molar-refractivity contribution >= 4 is 40.0 Å². The molecule has 6 nitrogen and oxygen atoms in total. The smallest absolute Gasteiger partial charge is 0.211 e. The molecular formula is C13H27IN4O2S. The lowest BCUT2D eigenvalue weighted by Gasteiger charge is -2.31. The quantitative estimate of drug-likeness (QED) is 0.411. The zero-order valence-electron chi connectivity index (χ0n) is 12.9. The fourth-order valence-corrected chi connectivity index (χ4v) is 3.89. The molecule has 2 unspecified atom stereocenters. The Balaban J connectivity index is 0.00000220. The minimum absolute atomic E-state index is 0. The van der Waals surface area contributed by atoms with Gasteiger partial charge < -0.3 is 10.6 Å². The van der Waals surface area contributed by atoms with Crippen LogP contribution in [0, 0.1) is 11.8 Å². The van der Waals surface area contributed by atoms with Crippen molar-refractivity contribution in [3.05, 3.63) is 0 Å². The van der Waals surface area contributed by atoms with Crippen LogP contribution >= 0.6 is 24.0 Å². The van der Waals surface area contributed by atoms with Gasteiger partial charge in [-0.2, -0.15) is 0 Å². The molecular weight excluding hydrogens is 403 g/mol. The van der Waals surface area contributed by atoms with E-state index in [9.17, 15) is 8.42 Å². The van der Waals surface area contributed by atoms with E-state index in [0.29, 0.717) is 37.4 Å². The molecule has 0 aromatic rings. The molecule has 0 saturated carbocycles. The summed E-state index contributed by atoms with van der Waals surface area (Å²) < 4.78 is 24.4. The highest BCUT2D eigenvalue weighted by Gasteiger charge is 2.28. The molecule has 21 heavy (non-hydrogen) atoms. The highest BCUT2D eigenvalue weighted by molar-refractivity contribution is 14.0. The lowest BCUT2D eigenvalue weighted by molar-refractivity contribution is 0.270. The Morgan fingerprint density at radius 1 is 1.29 bits per heavy atom. The molecule has 2 heterocycles. The van der Waals surface area contributed by atoms with Crippen LogP contribution in [0.5, 0.6) is 0 Å². The molecule has 2 fully saturated rings. The number of likely N-dealkylation sites (tertiary alicyclic amines) is 1. The molecule has 0 radical (unpaired) electrons. The maximum Gasteiger partial charge on any atom is 0.211 e. The molecule has 8 heteroatoms. The third kappa shape index (κ3) is 5.55. The predicted octanol–water partition coefficient (Wildman–Crippen LogP) is 0.932. The maximum absolute atomic E-state index is 11.5. The fraction of sp³-hybridized carbons (Fsp3) is 0.923. The lowest BCUT2D eigenvalue weighted by atomic mass is 10.0. The average molecular weight is 430 g/mol. The van der Waals surface area contributed by atoms with Crippen LogP contribution in [0.2, 0.25) is 0 Å². The van der Waals surface area contributed by atoms with E-state index in [0.717, 1.165) is 19.5 Å². The van der Waals surface area contributed by atoms with Crippen LogP contribution < -0.4 is 5.73 Å². The van der Waals surface area contributed by atoms with Gasteiger partial charge in [0, 0.05) is 32.7 Å². The average Bonchev–Trinajstić information content (AvgIpc) is 2.84. The van der Waals surface area contributed by atoms with Gasteiger partial charge in [0.15, 0.2) is 5.96 Å². The van der Waals surface area contributed by atoms with Crippen molar-refractivity contribution in [1.29, 1.82) is 0 Å². The van der Waals surface area contributed by atoms with Gasteiger partial charge in [-0.15, -0.1) is 24.0 Å². The molecule has 2 atom stereocenters. The summed E-state index contributed by atoms with van der Waals surface area (Å²) >= 11 is 0. The van der Waals surface area contributed by atoms with Crippen LogP contribution in [-0.2, 0) is 10.0 Å². The van der Waals surface area contributed by atoms with E-state index in [1.165, 1.54) is 23.4 Å². The lowest BCUT2D eigenvalue weighted by Crippen LogP contribution is -2.43. The van der Waals surface area contributed by atoms with Crippen LogP contribution in [0.25, 0.3) is 0 Å². The van der Waals surface area contributed by atoms with Gasteiger partial charge in [-0.1, -0.05) is 6.92 Å². The van der Waals surface area contributed by atoms with E-state index in [2.05, 4.69) is 16.8 Å². The van der Waals surface area contributed by atoms with Crippen LogP contribution in [0.1, 0.15) is 26.2 Å². The summed E-state index contributed by atoms with van der Waals surface area (Å²) in [7, 11) is -3.06. The van der Waals surface area contributed by atoms with Crippen LogP contribution in [-0.4, -0.2) is 62.6 Å². The van der Waals surface area contributed by atoms with Gasteiger partial charge in [0.25, 0.3) is 0 Å². The maximum atomic E-state index is 11.5. The van der Waals surface area contributed by atoms with Crippen molar-refractivity contribution in [2.45, 2.75) is 26.2 Å². The minimum Gasteiger partial charge on any atom is -0.370 e. The van der Waals surface area contributed by atoms with Crippen molar-refractivity contribution in [3.8, 4) is 0 Å². The number of nitrogens with two attached hydrogens (primary N) is 1. The summed E-state index contributed by atoms with van der Waals surface area (Å²) in [5.41, 5.74) is 6.05. The zero-order valence-corrected chi connectivity index (χ0v) is 16.0. The molecule has 2 N–H and O–H groups in total. The number of hydrogen-bond donors (Lipinski definition) is 1. The highest BCUT2D eigenvalue weighted by Crippen LogP contribution is 2.19. The molecule has 0 aromatic carbocycles. The first-order chi connectivity index (χ1) is 9.36. The highest BCUT2D eigenvalue weighted by atomic mass is 127. The third-order valence-corrected chi connectivity index (χ3v) is 5.48. The largest absolute Gasteiger partial charge is 0.370 e. The topological polar surface area (TPSA) is 79.0 Å². The number of aliphatic imine (C=N–C) groups is 1. The number of halogens is 1. The van der Waals surface area contributed by atoms with Crippen molar-refractivity contribution < 1.29 is 8.42 Å². The summed E-state index contributed by atoms with van der Waals surface area (Å²) in [6.07, 6.45) is 4.57. The van der Waals surface area contributed by atoms with Crippen LogP contribution in [0.4, 0.5) is 0 Å². The number of rotatable bonds is 3. The first kappa shape index (κ1) is 19.0. The summed E-state index contributed by atoms with van der Waals surface area (Å²) in [5, 5.41) is 0. The normalized spacial score (nSPS) is 28.5. The summed E-state index contributed by atoms with van der Waals surface area (Å²) in [6.45, 7) is 6.02. The van der Waals surface area contributed by atoms with Crippen molar-refractivity contribution in [3.63, 3.8) is 0 Å². The van der Waals surface area contributed by atoms with Crippen molar-refractivity contribution in [2.24, 2.45) is 22.6 Å². The predicted molar refractivity (Wildman–Crippen MR) is 96.4 cm³/mol. The molecule has 2 saturated heterocycles.